The highest BCUT2D eigenvalue weighted by molar-refractivity contribution is 4.78. The van der Waals surface area contributed by atoms with Gasteiger partial charge in [-0.05, 0) is 19.4 Å². The summed E-state index contributed by atoms with van der Waals surface area (Å²) >= 11 is 0. The zero-order valence-corrected chi connectivity index (χ0v) is 6.71. The lowest BCUT2D eigenvalue weighted by molar-refractivity contribution is 0.155. The lowest BCUT2D eigenvalue weighted by Crippen LogP contribution is -2.32. The number of hydrogen-bond donors (Lipinski definition) is 1. The molecular weight excluding hydrogens is 128 g/mol. The Labute approximate surface area is 62.1 Å². The predicted molar refractivity (Wildman–Crippen MR) is 40.6 cm³/mol. The molecule has 10 heavy (non-hydrogen) atoms. The molecule has 0 aromatic rings. The third-order valence-corrected chi connectivity index (χ3v) is 2.09. The summed E-state index contributed by atoms with van der Waals surface area (Å²) in [5.41, 5.74) is 5.77. The topological polar surface area (TPSA) is 38.5 Å². The molecule has 1 unspecified atom stereocenters. The van der Waals surface area contributed by atoms with Gasteiger partial charge in [0.1, 0.15) is 0 Å². The van der Waals surface area contributed by atoms with E-state index >= 15 is 0 Å². The largest absolute Gasteiger partial charge is 0.384 e. The first kappa shape index (κ1) is 7.98. The van der Waals surface area contributed by atoms with Crippen molar-refractivity contribution >= 4 is 0 Å². The maximum absolute atomic E-state index is 5.77. The van der Waals surface area contributed by atoms with Crippen molar-refractivity contribution in [3.05, 3.63) is 0 Å². The fourth-order valence-electron chi connectivity index (χ4n) is 1.50. The summed E-state index contributed by atoms with van der Waals surface area (Å²) in [6, 6.07) is 0. The molecule has 1 aliphatic rings. The Morgan fingerprint density at radius 1 is 1.70 bits per heavy atom. The fraction of sp³-hybridized carbons (Fsp3) is 1.00. The molecule has 0 aromatic heterocycles. The van der Waals surface area contributed by atoms with Crippen molar-refractivity contribution in [2.45, 2.75) is 12.6 Å². The Hall–Kier alpha value is -0.120. The third kappa shape index (κ3) is 1.68. The molecule has 1 heterocycles. The Bertz CT molecular complexity index is 97.8. The maximum atomic E-state index is 5.77. The molecule has 1 fully saturated rings. The van der Waals surface area contributed by atoms with Crippen molar-refractivity contribution in [3.8, 4) is 0 Å². The number of hydrogen-bond acceptors (Lipinski definition) is 3. The number of rotatable bonds is 2. The van der Waals surface area contributed by atoms with Gasteiger partial charge in [-0.1, -0.05) is 0 Å². The second-order valence-corrected chi connectivity index (χ2v) is 3.06. The van der Waals surface area contributed by atoms with Crippen LogP contribution in [0.4, 0.5) is 0 Å². The molecule has 1 aliphatic heterocycles. The molecule has 0 bridgehead atoms. The summed E-state index contributed by atoms with van der Waals surface area (Å²) in [7, 11) is 3.80. The van der Waals surface area contributed by atoms with E-state index in [4.69, 9.17) is 10.5 Å². The van der Waals surface area contributed by atoms with Gasteiger partial charge in [0, 0.05) is 13.7 Å². The fourth-order valence-corrected chi connectivity index (χ4v) is 1.50. The number of methoxy groups -OCH3 is 1. The van der Waals surface area contributed by atoms with Gasteiger partial charge in [0.25, 0.3) is 0 Å². The van der Waals surface area contributed by atoms with Crippen LogP contribution in [0.1, 0.15) is 6.42 Å². The van der Waals surface area contributed by atoms with Gasteiger partial charge in [0.2, 0.25) is 0 Å². The van der Waals surface area contributed by atoms with Crippen LogP contribution < -0.4 is 5.73 Å². The molecule has 1 saturated heterocycles. The van der Waals surface area contributed by atoms with Gasteiger partial charge in [-0.3, -0.25) is 4.90 Å². The first-order valence-electron chi connectivity index (χ1n) is 3.68. The summed E-state index contributed by atoms with van der Waals surface area (Å²) in [5.74, 6) is 0.644. The van der Waals surface area contributed by atoms with E-state index in [2.05, 4.69) is 11.9 Å². The van der Waals surface area contributed by atoms with Crippen LogP contribution in [0.3, 0.4) is 0 Å². The summed E-state index contributed by atoms with van der Waals surface area (Å²) in [4.78, 5) is 2.17. The van der Waals surface area contributed by atoms with Crippen LogP contribution in [0.25, 0.3) is 0 Å². The van der Waals surface area contributed by atoms with E-state index in [0.29, 0.717) is 5.92 Å². The predicted octanol–water partition coefficient (Wildman–Crippen LogP) is -0.131. The summed E-state index contributed by atoms with van der Waals surface area (Å²) in [6.45, 7) is 1.92. The number of nitrogens with two attached hydrogens (primary N) is 1. The van der Waals surface area contributed by atoms with Crippen molar-refractivity contribution in [1.82, 2.24) is 4.90 Å². The van der Waals surface area contributed by atoms with Gasteiger partial charge in [-0.2, -0.15) is 0 Å². The third-order valence-electron chi connectivity index (χ3n) is 2.09. The monoisotopic (exact) mass is 144 g/mol. The Kier molecular flexibility index (Phi) is 2.65. The van der Waals surface area contributed by atoms with Crippen LogP contribution in [0.15, 0.2) is 0 Å². The Morgan fingerprint density at radius 2 is 2.40 bits per heavy atom. The minimum absolute atomic E-state index is 0.250. The smallest absolute Gasteiger partial charge is 0.0573 e. The van der Waals surface area contributed by atoms with Crippen molar-refractivity contribution in [2.75, 3.05) is 27.3 Å². The van der Waals surface area contributed by atoms with Crippen molar-refractivity contribution < 1.29 is 4.74 Å². The van der Waals surface area contributed by atoms with Gasteiger partial charge < -0.3 is 10.5 Å². The SMILES string of the molecule is COCC1C[C@@H](N)N(C)C1. The first-order valence-corrected chi connectivity index (χ1v) is 3.68. The van der Waals surface area contributed by atoms with Gasteiger partial charge in [-0.25, -0.2) is 0 Å². The molecule has 0 amide bonds. The van der Waals surface area contributed by atoms with Crippen molar-refractivity contribution in [2.24, 2.45) is 11.7 Å². The lowest BCUT2D eigenvalue weighted by atomic mass is 10.1. The minimum Gasteiger partial charge on any atom is -0.384 e. The molecular formula is C7H16N2O. The molecule has 0 spiro atoms. The zero-order chi connectivity index (χ0) is 7.56. The molecule has 0 radical (unpaired) electrons. The molecule has 0 saturated carbocycles. The molecule has 0 aromatic carbocycles. The van der Waals surface area contributed by atoms with Crippen molar-refractivity contribution in [1.29, 1.82) is 0 Å². The number of ether oxygens (including phenoxy) is 1. The van der Waals surface area contributed by atoms with E-state index < -0.39 is 0 Å². The molecule has 0 aliphatic carbocycles. The molecule has 2 N–H and O–H groups in total. The van der Waals surface area contributed by atoms with E-state index in [0.717, 1.165) is 19.6 Å². The maximum Gasteiger partial charge on any atom is 0.0573 e. The summed E-state index contributed by atoms with van der Waals surface area (Å²) < 4.78 is 5.04. The number of nitrogens with zero attached hydrogens (tertiary/aromatic N) is 1. The van der Waals surface area contributed by atoms with Crippen molar-refractivity contribution in [3.63, 3.8) is 0 Å². The van der Waals surface area contributed by atoms with Gasteiger partial charge in [0.15, 0.2) is 0 Å². The number of likely N-dealkylation sites (tertiary alicyclic amines) is 1. The second kappa shape index (κ2) is 3.32. The molecule has 3 heteroatoms. The molecule has 3 nitrogen and oxygen atoms in total. The van der Waals surface area contributed by atoms with E-state index in [1.54, 1.807) is 7.11 Å². The first-order chi connectivity index (χ1) is 4.74. The summed E-state index contributed by atoms with van der Waals surface area (Å²) in [6.07, 6.45) is 1.32. The standard InChI is InChI=1S/C7H16N2O/c1-9-4-6(5-10-2)3-7(9)8/h6-7H,3-5,8H2,1-2H3/t6?,7-/m0/s1. The van der Waals surface area contributed by atoms with Crippen LogP contribution in [-0.4, -0.2) is 38.4 Å². The van der Waals surface area contributed by atoms with Crippen LogP contribution in [0.5, 0.6) is 0 Å². The van der Waals surface area contributed by atoms with Gasteiger partial charge in [-0.15, -0.1) is 0 Å². The Balaban J connectivity index is 2.27. The van der Waals surface area contributed by atoms with Crippen LogP contribution in [-0.2, 0) is 4.74 Å². The molecule has 2 atom stereocenters. The van der Waals surface area contributed by atoms with E-state index in [1.807, 2.05) is 0 Å². The Morgan fingerprint density at radius 3 is 2.80 bits per heavy atom. The van der Waals surface area contributed by atoms with Crippen LogP contribution in [0.2, 0.25) is 0 Å². The van der Waals surface area contributed by atoms with Crippen LogP contribution >= 0.6 is 0 Å². The van der Waals surface area contributed by atoms with E-state index in [1.165, 1.54) is 0 Å². The average molecular weight is 144 g/mol. The quantitative estimate of drug-likeness (QED) is 0.586. The van der Waals surface area contributed by atoms with Crippen LogP contribution in [0, 0.1) is 5.92 Å². The second-order valence-electron chi connectivity index (χ2n) is 3.06. The summed E-state index contributed by atoms with van der Waals surface area (Å²) in [5, 5.41) is 0. The normalized spacial score (nSPS) is 35.1. The van der Waals surface area contributed by atoms with E-state index in [9.17, 15) is 0 Å². The average Bonchev–Trinajstić information content (AvgIpc) is 2.14. The van der Waals surface area contributed by atoms with E-state index in [-0.39, 0.29) is 6.17 Å². The minimum atomic E-state index is 0.250. The highest BCUT2D eigenvalue weighted by Gasteiger charge is 2.25. The highest BCUT2D eigenvalue weighted by Crippen LogP contribution is 2.17. The molecule has 1 rings (SSSR count). The highest BCUT2D eigenvalue weighted by atomic mass is 16.5. The lowest BCUT2D eigenvalue weighted by Gasteiger charge is -2.12. The van der Waals surface area contributed by atoms with Gasteiger partial charge in [0.05, 0.1) is 12.8 Å². The van der Waals surface area contributed by atoms with Gasteiger partial charge >= 0.3 is 0 Å². The zero-order valence-electron chi connectivity index (χ0n) is 6.71. The molecule has 60 valence electrons.